The van der Waals surface area contributed by atoms with E-state index in [4.69, 9.17) is 23.8 Å². The number of thioether (sulfide) groups is 2. The number of imidazole rings is 1. The van der Waals surface area contributed by atoms with Crippen molar-refractivity contribution in [3.63, 3.8) is 0 Å². The van der Waals surface area contributed by atoms with Gasteiger partial charge in [0.25, 0.3) is 5.91 Å². The number of hydrogen-bond donors (Lipinski definition) is 1. The Kier molecular flexibility index (Phi) is 9.25. The Balaban J connectivity index is 1.27. The number of aromatic nitrogens is 2. The molecule has 0 atom stereocenters. The van der Waals surface area contributed by atoms with Crippen molar-refractivity contribution in [3.05, 3.63) is 93.9 Å². The fraction of sp³-hybridized carbons (Fsp3) is 0.138. The zero-order valence-electron chi connectivity index (χ0n) is 21.9. The van der Waals surface area contributed by atoms with E-state index in [2.05, 4.69) is 10.3 Å². The van der Waals surface area contributed by atoms with Crippen LogP contribution in [-0.2, 0) is 15.8 Å². The molecule has 1 aromatic heterocycles. The Morgan fingerprint density at radius 2 is 1.81 bits per heavy atom. The van der Waals surface area contributed by atoms with Crippen LogP contribution in [0.1, 0.15) is 22.3 Å². The number of para-hydroxylation sites is 2. The van der Waals surface area contributed by atoms with E-state index >= 15 is 0 Å². The second-order valence-corrected chi connectivity index (χ2v) is 12.2. The number of carbonyl (C=O) groups is 3. The average molecular weight is 661 g/mol. The van der Waals surface area contributed by atoms with E-state index in [1.165, 1.54) is 21.6 Å². The van der Waals surface area contributed by atoms with Crippen molar-refractivity contribution in [2.24, 2.45) is 0 Å². The summed E-state index contributed by atoms with van der Waals surface area (Å²) in [6.07, 6.45) is -2.91. The summed E-state index contributed by atoms with van der Waals surface area (Å²) in [5.74, 6) is -1.46. The maximum absolute atomic E-state index is 13.5. The van der Waals surface area contributed by atoms with Crippen molar-refractivity contribution < 1.29 is 27.6 Å². The molecule has 1 fully saturated rings. The molecule has 2 amide bonds. The van der Waals surface area contributed by atoms with E-state index in [9.17, 15) is 27.6 Å². The highest BCUT2D eigenvalue weighted by Gasteiger charge is 2.33. The molecule has 1 N–H and O–H groups in total. The summed E-state index contributed by atoms with van der Waals surface area (Å²) in [6, 6.07) is 18.2. The predicted octanol–water partition coefficient (Wildman–Crippen LogP) is 7.37. The van der Waals surface area contributed by atoms with Gasteiger partial charge >= 0.3 is 6.18 Å². The molecule has 4 aromatic rings. The first-order chi connectivity index (χ1) is 20.5. The van der Waals surface area contributed by atoms with E-state index < -0.39 is 17.6 Å². The lowest BCUT2D eigenvalue weighted by Crippen LogP contribution is -2.31. The molecule has 3 aromatic carbocycles. The van der Waals surface area contributed by atoms with Crippen molar-refractivity contribution >= 4 is 92.2 Å². The fourth-order valence-electron chi connectivity index (χ4n) is 4.16. The number of nitrogens with one attached hydrogen (secondary N) is 1. The molecule has 7 nitrogen and oxygen atoms in total. The SMILES string of the molecule is O=C(CSc1nc2ccccc2n1C(=O)CCN1C(=O)C(=Cc2ccc(Cl)cc2)SC1=S)Nc1cccc(C(F)(F)F)c1. The number of hydrogen-bond acceptors (Lipinski definition) is 7. The quantitative estimate of drug-likeness (QED) is 0.120. The lowest BCUT2D eigenvalue weighted by molar-refractivity contribution is -0.137. The Labute approximate surface area is 262 Å². The third-order valence-corrected chi connectivity index (χ3v) is 8.74. The monoisotopic (exact) mass is 660 g/mol. The minimum Gasteiger partial charge on any atom is -0.325 e. The molecule has 0 spiro atoms. The van der Waals surface area contributed by atoms with Crippen LogP contribution in [0.15, 0.2) is 82.9 Å². The van der Waals surface area contributed by atoms with Crippen LogP contribution in [0.3, 0.4) is 0 Å². The molecular weight excluding hydrogens is 641 g/mol. The number of anilines is 1. The standard InChI is InChI=1S/C29H20ClF3N4O3S3/c30-19-10-8-17(9-11-19)14-23-26(40)36(28(41)43-23)13-12-25(39)37-22-7-2-1-6-21(22)35-27(37)42-16-24(38)34-20-5-3-4-18(15-20)29(31,32)33/h1-11,14-15H,12-13,16H2,(H,34,38). The normalized spacial score (nSPS) is 14.6. The van der Waals surface area contributed by atoms with Gasteiger partial charge in [-0.3, -0.25) is 23.9 Å². The average Bonchev–Trinajstić information content (AvgIpc) is 3.47. The molecular formula is C29H20ClF3N4O3S3. The van der Waals surface area contributed by atoms with Crippen LogP contribution in [0.4, 0.5) is 18.9 Å². The Bertz CT molecular complexity index is 1770. The third-order valence-electron chi connectivity index (χ3n) is 6.18. The molecule has 0 bridgehead atoms. The Morgan fingerprint density at radius 1 is 1.07 bits per heavy atom. The highest BCUT2D eigenvalue weighted by atomic mass is 35.5. The van der Waals surface area contributed by atoms with Gasteiger partial charge in [0, 0.05) is 23.7 Å². The van der Waals surface area contributed by atoms with Gasteiger partial charge < -0.3 is 5.32 Å². The van der Waals surface area contributed by atoms with Gasteiger partial charge in [0.15, 0.2) is 5.16 Å². The van der Waals surface area contributed by atoms with Crippen LogP contribution >= 0.6 is 47.3 Å². The Hall–Kier alpha value is -3.65. The molecule has 0 unspecified atom stereocenters. The molecule has 14 heteroatoms. The molecule has 1 saturated heterocycles. The number of carbonyl (C=O) groups excluding carboxylic acids is 3. The van der Waals surface area contributed by atoms with Crippen LogP contribution in [0.25, 0.3) is 17.1 Å². The molecule has 2 heterocycles. The topological polar surface area (TPSA) is 84.3 Å². The maximum atomic E-state index is 13.5. The van der Waals surface area contributed by atoms with E-state index in [0.29, 0.717) is 25.3 Å². The molecule has 43 heavy (non-hydrogen) atoms. The highest BCUT2D eigenvalue weighted by Crippen LogP contribution is 2.34. The molecule has 220 valence electrons. The van der Waals surface area contributed by atoms with E-state index in [0.717, 1.165) is 41.2 Å². The Morgan fingerprint density at radius 3 is 2.56 bits per heavy atom. The van der Waals surface area contributed by atoms with Crippen LogP contribution in [0.5, 0.6) is 0 Å². The van der Waals surface area contributed by atoms with Gasteiger partial charge in [-0.25, -0.2) is 4.98 Å². The first-order valence-electron chi connectivity index (χ1n) is 12.6. The van der Waals surface area contributed by atoms with E-state index in [1.54, 1.807) is 54.6 Å². The number of amides is 2. The fourth-order valence-corrected chi connectivity index (χ4v) is 6.42. The number of alkyl halides is 3. The summed E-state index contributed by atoms with van der Waals surface area (Å²) in [7, 11) is 0. The molecule has 1 aliphatic rings. The van der Waals surface area contributed by atoms with Crippen LogP contribution in [-0.4, -0.2) is 48.8 Å². The van der Waals surface area contributed by atoms with Crippen molar-refractivity contribution in [3.8, 4) is 0 Å². The predicted molar refractivity (Wildman–Crippen MR) is 167 cm³/mol. The minimum absolute atomic E-state index is 0.00129. The summed E-state index contributed by atoms with van der Waals surface area (Å²) in [5.41, 5.74) is 0.935. The van der Waals surface area contributed by atoms with Gasteiger partial charge in [-0.15, -0.1) is 0 Å². The highest BCUT2D eigenvalue weighted by molar-refractivity contribution is 8.26. The lowest BCUT2D eigenvalue weighted by Gasteiger charge is -2.15. The first-order valence-corrected chi connectivity index (χ1v) is 15.2. The van der Waals surface area contributed by atoms with Crippen molar-refractivity contribution in [2.45, 2.75) is 17.8 Å². The third kappa shape index (κ3) is 7.29. The minimum atomic E-state index is -4.54. The zero-order valence-corrected chi connectivity index (χ0v) is 25.1. The summed E-state index contributed by atoms with van der Waals surface area (Å²) in [6.45, 7) is 0.0358. The number of rotatable bonds is 8. The number of thiocarbonyl (C=S) groups is 1. The summed E-state index contributed by atoms with van der Waals surface area (Å²) < 4.78 is 40.8. The largest absolute Gasteiger partial charge is 0.416 e. The molecule has 1 aliphatic heterocycles. The lowest BCUT2D eigenvalue weighted by atomic mass is 10.2. The number of benzene rings is 3. The van der Waals surface area contributed by atoms with Gasteiger partial charge in [-0.1, -0.05) is 77.7 Å². The van der Waals surface area contributed by atoms with E-state index in [1.807, 2.05) is 0 Å². The first kappa shape index (κ1) is 30.8. The van der Waals surface area contributed by atoms with Gasteiger partial charge in [0.2, 0.25) is 11.8 Å². The van der Waals surface area contributed by atoms with Gasteiger partial charge in [-0.2, -0.15) is 13.2 Å². The summed E-state index contributed by atoms with van der Waals surface area (Å²) in [5, 5.41) is 3.26. The molecule has 0 radical (unpaired) electrons. The van der Waals surface area contributed by atoms with Gasteiger partial charge in [0.05, 0.1) is 27.3 Å². The number of nitrogens with zero attached hydrogens (tertiary/aromatic N) is 3. The van der Waals surface area contributed by atoms with Crippen molar-refractivity contribution in [1.82, 2.24) is 14.5 Å². The van der Waals surface area contributed by atoms with Gasteiger partial charge in [0.1, 0.15) is 4.32 Å². The smallest absolute Gasteiger partial charge is 0.325 e. The van der Waals surface area contributed by atoms with Crippen LogP contribution in [0.2, 0.25) is 5.02 Å². The maximum Gasteiger partial charge on any atom is 0.416 e. The second kappa shape index (κ2) is 12.9. The van der Waals surface area contributed by atoms with Crippen LogP contribution in [0, 0.1) is 0 Å². The number of fused-ring (bicyclic) bond motifs is 1. The summed E-state index contributed by atoms with van der Waals surface area (Å²) in [4.78, 5) is 45.4. The van der Waals surface area contributed by atoms with Crippen molar-refractivity contribution in [1.29, 1.82) is 0 Å². The van der Waals surface area contributed by atoms with E-state index in [-0.39, 0.29) is 41.4 Å². The molecule has 0 saturated carbocycles. The molecule has 0 aliphatic carbocycles. The van der Waals surface area contributed by atoms with Gasteiger partial charge in [-0.05, 0) is 54.1 Å². The zero-order chi connectivity index (χ0) is 30.7. The second-order valence-electron chi connectivity index (χ2n) is 9.16. The molecule has 5 rings (SSSR count). The van der Waals surface area contributed by atoms with Crippen LogP contribution < -0.4 is 5.32 Å². The number of halogens is 4. The van der Waals surface area contributed by atoms with Crippen molar-refractivity contribution in [2.75, 3.05) is 17.6 Å². The summed E-state index contributed by atoms with van der Waals surface area (Å²) >= 11 is 13.5.